The van der Waals surface area contributed by atoms with Crippen molar-refractivity contribution < 1.29 is 4.79 Å². The van der Waals surface area contributed by atoms with Crippen molar-refractivity contribution in [3.05, 3.63) is 28.6 Å². The maximum Gasteiger partial charge on any atom is 0.260 e. The molecule has 0 fully saturated rings. The molecule has 0 aliphatic rings. The molecule has 0 atom stereocenters. The number of hydrogen-bond donors (Lipinski definition) is 3. The molecule has 21 heavy (non-hydrogen) atoms. The lowest BCUT2D eigenvalue weighted by Crippen LogP contribution is -2.37. The number of fused-ring (bicyclic) bond motifs is 1. The number of likely N-dealkylation sites (N-methyl/N-ethyl adjacent to an activating group) is 1. The summed E-state index contributed by atoms with van der Waals surface area (Å²) >= 11 is 0. The number of nitrogens with zero attached hydrogens (tertiary/aromatic N) is 2. The van der Waals surface area contributed by atoms with Gasteiger partial charge in [0.2, 0.25) is 11.9 Å². The van der Waals surface area contributed by atoms with E-state index in [0.29, 0.717) is 29.1 Å². The summed E-state index contributed by atoms with van der Waals surface area (Å²) in [6, 6.07) is 4.99. The number of benzene rings is 1. The summed E-state index contributed by atoms with van der Waals surface area (Å²) in [5.74, 6) is 0.256. The zero-order valence-electron chi connectivity index (χ0n) is 12.1. The van der Waals surface area contributed by atoms with Gasteiger partial charge in [0.25, 0.3) is 5.56 Å². The van der Waals surface area contributed by atoms with Crippen molar-refractivity contribution in [1.29, 1.82) is 0 Å². The lowest BCUT2D eigenvalue weighted by Gasteiger charge is -2.21. The molecule has 1 aromatic carbocycles. The number of amides is 1. The summed E-state index contributed by atoms with van der Waals surface area (Å²) in [5.41, 5.74) is 6.48. The first-order valence-corrected chi connectivity index (χ1v) is 6.80. The maximum absolute atomic E-state index is 12.1. The van der Waals surface area contributed by atoms with Crippen LogP contribution in [0.15, 0.2) is 23.0 Å². The molecule has 0 bridgehead atoms. The van der Waals surface area contributed by atoms with Gasteiger partial charge in [-0.15, -0.1) is 0 Å². The van der Waals surface area contributed by atoms with Gasteiger partial charge in [-0.3, -0.25) is 14.6 Å². The minimum absolute atomic E-state index is 0.136. The van der Waals surface area contributed by atoms with Crippen LogP contribution in [0, 0.1) is 0 Å². The first kappa shape index (κ1) is 14.8. The number of hydrogen-bond acceptors (Lipinski definition) is 5. The van der Waals surface area contributed by atoms with Crippen LogP contribution >= 0.6 is 0 Å². The van der Waals surface area contributed by atoms with Crippen LogP contribution in [-0.4, -0.2) is 36.0 Å². The fourth-order valence-corrected chi connectivity index (χ4v) is 2.08. The number of aromatic amines is 1. The molecule has 0 saturated carbocycles. The van der Waals surface area contributed by atoms with E-state index in [2.05, 4.69) is 15.3 Å². The van der Waals surface area contributed by atoms with Crippen LogP contribution in [0.5, 0.6) is 0 Å². The second kappa shape index (κ2) is 6.25. The van der Waals surface area contributed by atoms with Crippen molar-refractivity contribution in [3.63, 3.8) is 0 Å². The number of anilines is 2. The van der Waals surface area contributed by atoms with E-state index in [4.69, 9.17) is 5.73 Å². The van der Waals surface area contributed by atoms with Gasteiger partial charge >= 0.3 is 0 Å². The average molecular weight is 289 g/mol. The fourth-order valence-electron chi connectivity index (χ4n) is 2.08. The second-order valence-electron chi connectivity index (χ2n) is 4.76. The van der Waals surface area contributed by atoms with Crippen LogP contribution in [0.1, 0.15) is 13.3 Å². The largest absolute Gasteiger partial charge is 0.399 e. The van der Waals surface area contributed by atoms with Crippen LogP contribution in [0.4, 0.5) is 11.6 Å². The summed E-state index contributed by atoms with van der Waals surface area (Å²) in [7, 11) is 1.58. The Morgan fingerprint density at radius 3 is 2.90 bits per heavy atom. The number of carbonyl (C=O) groups excluding carboxylic acids is 1. The van der Waals surface area contributed by atoms with Gasteiger partial charge in [0, 0.05) is 19.3 Å². The van der Waals surface area contributed by atoms with Gasteiger partial charge in [0.15, 0.2) is 0 Å². The third-order valence-corrected chi connectivity index (χ3v) is 3.12. The highest BCUT2D eigenvalue weighted by Gasteiger charge is 2.14. The Morgan fingerprint density at radius 2 is 2.24 bits per heavy atom. The molecule has 7 heteroatoms. The van der Waals surface area contributed by atoms with E-state index in [1.165, 1.54) is 0 Å². The van der Waals surface area contributed by atoms with Crippen molar-refractivity contribution in [2.45, 2.75) is 13.3 Å². The number of nitrogens with two attached hydrogens (primary N) is 1. The molecule has 1 heterocycles. The molecular weight excluding hydrogens is 270 g/mol. The summed E-state index contributed by atoms with van der Waals surface area (Å²) in [6.45, 7) is 2.77. The third kappa shape index (κ3) is 3.31. The van der Waals surface area contributed by atoms with Gasteiger partial charge < -0.3 is 16.0 Å². The summed E-state index contributed by atoms with van der Waals surface area (Å²) in [6.07, 6.45) is 0.834. The van der Waals surface area contributed by atoms with Crippen molar-refractivity contribution in [2.75, 3.05) is 30.8 Å². The second-order valence-corrected chi connectivity index (χ2v) is 4.76. The van der Waals surface area contributed by atoms with Gasteiger partial charge in [-0.05, 0) is 24.6 Å². The molecule has 2 aromatic rings. The normalized spacial score (nSPS) is 10.6. The summed E-state index contributed by atoms with van der Waals surface area (Å²) in [5, 5.41) is 3.01. The van der Waals surface area contributed by atoms with E-state index in [1.54, 1.807) is 30.1 Å². The van der Waals surface area contributed by atoms with E-state index in [-0.39, 0.29) is 18.0 Å². The van der Waals surface area contributed by atoms with Gasteiger partial charge in [0.05, 0.1) is 17.4 Å². The Bertz CT molecular complexity index is 710. The number of rotatable bonds is 5. The van der Waals surface area contributed by atoms with Crippen molar-refractivity contribution in [3.8, 4) is 0 Å². The number of carbonyl (C=O) groups is 1. The van der Waals surface area contributed by atoms with Crippen LogP contribution in [-0.2, 0) is 4.79 Å². The van der Waals surface area contributed by atoms with E-state index < -0.39 is 0 Å². The van der Waals surface area contributed by atoms with Crippen molar-refractivity contribution in [1.82, 2.24) is 15.3 Å². The Balaban J connectivity index is 2.45. The van der Waals surface area contributed by atoms with E-state index in [1.807, 2.05) is 6.92 Å². The highest BCUT2D eigenvalue weighted by Crippen LogP contribution is 2.15. The Kier molecular flexibility index (Phi) is 4.42. The molecule has 7 nitrogen and oxygen atoms in total. The van der Waals surface area contributed by atoms with Crippen LogP contribution in [0.2, 0.25) is 0 Å². The Morgan fingerprint density at radius 1 is 1.48 bits per heavy atom. The Labute approximate surface area is 122 Å². The van der Waals surface area contributed by atoms with Crippen LogP contribution in [0.25, 0.3) is 10.9 Å². The minimum Gasteiger partial charge on any atom is -0.399 e. The van der Waals surface area contributed by atoms with E-state index in [0.717, 1.165) is 6.42 Å². The average Bonchev–Trinajstić information content (AvgIpc) is 2.47. The lowest BCUT2D eigenvalue weighted by atomic mass is 10.2. The SMILES string of the molecule is CCCN(CC(=O)NC)c1nc2ccc(N)cc2c(=O)[nH]1. The van der Waals surface area contributed by atoms with Gasteiger partial charge in [0.1, 0.15) is 0 Å². The lowest BCUT2D eigenvalue weighted by molar-refractivity contribution is -0.119. The van der Waals surface area contributed by atoms with Gasteiger partial charge in [-0.25, -0.2) is 4.98 Å². The molecule has 0 unspecified atom stereocenters. The molecule has 0 aliphatic heterocycles. The van der Waals surface area contributed by atoms with Crippen molar-refractivity contribution in [2.24, 2.45) is 0 Å². The van der Waals surface area contributed by atoms with Crippen molar-refractivity contribution >= 4 is 28.4 Å². The molecule has 0 spiro atoms. The van der Waals surface area contributed by atoms with E-state index >= 15 is 0 Å². The fraction of sp³-hybridized carbons (Fsp3) is 0.357. The van der Waals surface area contributed by atoms with Crippen LogP contribution < -0.4 is 21.5 Å². The molecule has 112 valence electrons. The number of nitrogen functional groups attached to an aromatic ring is 1. The molecular formula is C14H19N5O2. The topological polar surface area (TPSA) is 104 Å². The highest BCUT2D eigenvalue weighted by molar-refractivity contribution is 5.83. The Hall–Kier alpha value is -2.57. The molecule has 1 amide bonds. The number of aromatic nitrogens is 2. The number of nitrogens with one attached hydrogen (secondary N) is 2. The first-order valence-electron chi connectivity index (χ1n) is 6.80. The summed E-state index contributed by atoms with van der Waals surface area (Å²) < 4.78 is 0. The molecule has 0 radical (unpaired) electrons. The van der Waals surface area contributed by atoms with E-state index in [9.17, 15) is 9.59 Å². The van der Waals surface area contributed by atoms with Crippen LogP contribution in [0.3, 0.4) is 0 Å². The smallest absolute Gasteiger partial charge is 0.260 e. The molecule has 0 saturated heterocycles. The molecule has 1 aromatic heterocycles. The summed E-state index contributed by atoms with van der Waals surface area (Å²) in [4.78, 5) is 32.6. The number of H-pyrrole nitrogens is 1. The minimum atomic E-state index is -0.264. The zero-order chi connectivity index (χ0) is 15.4. The predicted octanol–water partition coefficient (Wildman–Crippen LogP) is 0.468. The van der Waals surface area contributed by atoms with Gasteiger partial charge in [-0.1, -0.05) is 6.92 Å². The first-order chi connectivity index (χ1) is 10.0. The monoisotopic (exact) mass is 289 g/mol. The molecule has 4 N–H and O–H groups in total. The molecule has 0 aliphatic carbocycles. The zero-order valence-corrected chi connectivity index (χ0v) is 12.1. The highest BCUT2D eigenvalue weighted by atomic mass is 16.2. The standard InChI is InChI=1S/C14H19N5O2/c1-3-6-19(8-12(20)16-2)14-17-11-5-4-9(15)7-10(11)13(21)18-14/h4-5,7H,3,6,8,15H2,1-2H3,(H,16,20)(H,17,18,21). The quantitative estimate of drug-likeness (QED) is 0.694. The maximum atomic E-state index is 12.1. The third-order valence-electron chi connectivity index (χ3n) is 3.12. The molecule has 2 rings (SSSR count). The predicted molar refractivity (Wildman–Crippen MR) is 83.3 cm³/mol. The van der Waals surface area contributed by atoms with Gasteiger partial charge in [-0.2, -0.15) is 0 Å².